The number of methoxy groups -OCH3 is 3. The van der Waals surface area contributed by atoms with Crippen LogP contribution in [0, 0.1) is 0 Å². The highest BCUT2D eigenvalue weighted by Crippen LogP contribution is 2.07. The summed E-state index contributed by atoms with van der Waals surface area (Å²) in [6.45, 7) is 3.52. The molecular weight excluding hydrogens is 242 g/mol. The molecule has 1 unspecified atom stereocenters. The second kappa shape index (κ2) is 8.71. The fourth-order valence-electron chi connectivity index (χ4n) is 1.30. The molecule has 0 saturated heterocycles. The van der Waals surface area contributed by atoms with Crippen molar-refractivity contribution in [3.05, 3.63) is 0 Å². The van der Waals surface area contributed by atoms with Crippen LogP contribution in [0.2, 0.25) is 0 Å². The minimum atomic E-state index is -0.776. The SMILES string of the molecule is CCOC(=O)N(CC(OC)OC)C(C)C(=O)OC. The highest BCUT2D eigenvalue weighted by Gasteiger charge is 2.30. The van der Waals surface area contributed by atoms with E-state index in [0.29, 0.717) is 0 Å². The second-order valence-corrected chi connectivity index (χ2v) is 3.45. The Morgan fingerprint density at radius 1 is 1.17 bits per heavy atom. The first kappa shape index (κ1) is 16.7. The Hall–Kier alpha value is -1.34. The summed E-state index contributed by atoms with van der Waals surface area (Å²) in [7, 11) is 4.15. The molecule has 7 heteroatoms. The molecule has 0 fully saturated rings. The lowest BCUT2D eigenvalue weighted by Crippen LogP contribution is -2.48. The zero-order chi connectivity index (χ0) is 14.1. The summed E-state index contributed by atoms with van der Waals surface area (Å²) in [6.07, 6.45) is -1.25. The van der Waals surface area contributed by atoms with Crippen molar-refractivity contribution in [1.29, 1.82) is 0 Å². The van der Waals surface area contributed by atoms with Crippen LogP contribution in [0.1, 0.15) is 13.8 Å². The molecule has 0 aliphatic rings. The minimum absolute atomic E-state index is 0.0715. The van der Waals surface area contributed by atoms with Gasteiger partial charge >= 0.3 is 12.1 Å². The zero-order valence-corrected chi connectivity index (χ0v) is 11.5. The van der Waals surface area contributed by atoms with Crippen molar-refractivity contribution in [2.75, 3.05) is 34.5 Å². The van der Waals surface area contributed by atoms with Crippen molar-refractivity contribution in [3.8, 4) is 0 Å². The third-order valence-corrected chi connectivity index (χ3v) is 2.38. The molecule has 0 aliphatic carbocycles. The molecule has 0 N–H and O–H groups in total. The molecule has 0 aromatic carbocycles. The quantitative estimate of drug-likeness (QED) is 0.495. The first-order chi connectivity index (χ1) is 8.51. The van der Waals surface area contributed by atoms with Crippen LogP contribution in [0.25, 0.3) is 0 Å². The van der Waals surface area contributed by atoms with Gasteiger partial charge in [-0.05, 0) is 13.8 Å². The highest BCUT2D eigenvalue weighted by molar-refractivity contribution is 5.80. The molecule has 0 aromatic rings. The van der Waals surface area contributed by atoms with Crippen LogP contribution in [-0.2, 0) is 23.7 Å². The molecule has 1 atom stereocenters. The van der Waals surface area contributed by atoms with E-state index in [0.717, 1.165) is 0 Å². The van der Waals surface area contributed by atoms with Crippen LogP contribution in [-0.4, -0.2) is 63.8 Å². The van der Waals surface area contributed by atoms with Crippen molar-refractivity contribution in [2.45, 2.75) is 26.2 Å². The number of hydrogen-bond acceptors (Lipinski definition) is 6. The Balaban J connectivity index is 4.80. The summed E-state index contributed by atoms with van der Waals surface area (Å²) in [5.74, 6) is -0.533. The molecule has 18 heavy (non-hydrogen) atoms. The number of carbonyl (C=O) groups excluding carboxylic acids is 2. The Kier molecular flexibility index (Phi) is 8.06. The Bertz CT molecular complexity index is 266. The van der Waals surface area contributed by atoms with E-state index >= 15 is 0 Å². The molecule has 0 bridgehead atoms. The van der Waals surface area contributed by atoms with Crippen molar-refractivity contribution < 1.29 is 28.5 Å². The molecular formula is C11H21NO6. The van der Waals surface area contributed by atoms with Gasteiger partial charge in [0.1, 0.15) is 6.04 Å². The first-order valence-corrected chi connectivity index (χ1v) is 5.58. The molecule has 0 spiro atoms. The van der Waals surface area contributed by atoms with E-state index in [1.807, 2.05) is 0 Å². The number of hydrogen-bond donors (Lipinski definition) is 0. The lowest BCUT2D eigenvalue weighted by atomic mass is 10.3. The number of amides is 1. The van der Waals surface area contributed by atoms with Crippen molar-refractivity contribution in [2.24, 2.45) is 0 Å². The van der Waals surface area contributed by atoms with Gasteiger partial charge in [0, 0.05) is 14.2 Å². The van der Waals surface area contributed by atoms with E-state index in [1.54, 1.807) is 13.8 Å². The third-order valence-electron chi connectivity index (χ3n) is 2.38. The van der Waals surface area contributed by atoms with Gasteiger partial charge in [-0.1, -0.05) is 0 Å². The maximum Gasteiger partial charge on any atom is 0.410 e. The van der Waals surface area contributed by atoms with Gasteiger partial charge in [0.25, 0.3) is 0 Å². The molecule has 0 radical (unpaired) electrons. The predicted octanol–water partition coefficient (Wildman–Crippen LogP) is 0.625. The van der Waals surface area contributed by atoms with Gasteiger partial charge in [-0.2, -0.15) is 0 Å². The summed E-state index contributed by atoms with van der Waals surface area (Å²) in [6, 6.07) is -0.776. The zero-order valence-electron chi connectivity index (χ0n) is 11.5. The van der Waals surface area contributed by atoms with Gasteiger partial charge in [0.05, 0.1) is 20.3 Å². The molecule has 7 nitrogen and oxygen atoms in total. The Morgan fingerprint density at radius 2 is 1.72 bits per heavy atom. The number of ether oxygens (including phenoxy) is 4. The third kappa shape index (κ3) is 4.89. The van der Waals surface area contributed by atoms with E-state index in [1.165, 1.54) is 26.2 Å². The number of rotatable bonds is 7. The minimum Gasteiger partial charge on any atom is -0.467 e. The summed E-state index contributed by atoms with van der Waals surface area (Å²) in [5.41, 5.74) is 0. The average molecular weight is 263 g/mol. The summed E-state index contributed by atoms with van der Waals surface area (Å²) >= 11 is 0. The van der Waals surface area contributed by atoms with Crippen LogP contribution < -0.4 is 0 Å². The topological polar surface area (TPSA) is 74.3 Å². The number of esters is 1. The number of nitrogens with zero attached hydrogens (tertiary/aromatic N) is 1. The Morgan fingerprint density at radius 3 is 2.11 bits per heavy atom. The van der Waals surface area contributed by atoms with Gasteiger partial charge < -0.3 is 18.9 Å². The van der Waals surface area contributed by atoms with Gasteiger partial charge in [-0.15, -0.1) is 0 Å². The van der Waals surface area contributed by atoms with Crippen LogP contribution in [0.3, 0.4) is 0 Å². The van der Waals surface area contributed by atoms with Crippen LogP contribution in [0.4, 0.5) is 4.79 Å². The van der Waals surface area contributed by atoms with Crippen LogP contribution in [0.15, 0.2) is 0 Å². The molecule has 1 amide bonds. The van der Waals surface area contributed by atoms with E-state index in [9.17, 15) is 9.59 Å². The summed E-state index contributed by atoms with van der Waals surface area (Å²) < 4.78 is 19.5. The number of carbonyl (C=O) groups is 2. The van der Waals surface area contributed by atoms with Crippen LogP contribution in [0.5, 0.6) is 0 Å². The monoisotopic (exact) mass is 263 g/mol. The lowest BCUT2D eigenvalue weighted by molar-refractivity contribution is -0.150. The molecule has 0 rings (SSSR count). The maximum absolute atomic E-state index is 11.8. The Labute approximate surface area is 107 Å². The van der Waals surface area contributed by atoms with Gasteiger partial charge in [0.2, 0.25) is 0 Å². The van der Waals surface area contributed by atoms with Crippen molar-refractivity contribution in [3.63, 3.8) is 0 Å². The van der Waals surface area contributed by atoms with Crippen molar-refractivity contribution in [1.82, 2.24) is 4.90 Å². The fraction of sp³-hybridized carbons (Fsp3) is 0.818. The molecule has 0 saturated carbocycles. The second-order valence-electron chi connectivity index (χ2n) is 3.45. The molecule has 0 heterocycles. The van der Waals surface area contributed by atoms with Crippen molar-refractivity contribution >= 4 is 12.1 Å². The molecule has 0 aliphatic heterocycles. The normalized spacial score (nSPS) is 12.1. The molecule has 0 aromatic heterocycles. The molecule has 106 valence electrons. The maximum atomic E-state index is 11.8. The fourth-order valence-corrected chi connectivity index (χ4v) is 1.30. The van der Waals surface area contributed by atoms with E-state index in [4.69, 9.17) is 14.2 Å². The average Bonchev–Trinajstić information content (AvgIpc) is 2.38. The van der Waals surface area contributed by atoms with E-state index < -0.39 is 24.4 Å². The summed E-state index contributed by atoms with van der Waals surface area (Å²) in [4.78, 5) is 24.4. The van der Waals surface area contributed by atoms with E-state index in [2.05, 4.69) is 4.74 Å². The van der Waals surface area contributed by atoms with Gasteiger partial charge in [-0.25, -0.2) is 9.59 Å². The van der Waals surface area contributed by atoms with Gasteiger partial charge in [0.15, 0.2) is 6.29 Å². The highest BCUT2D eigenvalue weighted by atomic mass is 16.7. The first-order valence-electron chi connectivity index (χ1n) is 5.58. The smallest absolute Gasteiger partial charge is 0.410 e. The summed E-state index contributed by atoms with van der Waals surface area (Å²) in [5, 5.41) is 0. The van der Waals surface area contributed by atoms with Gasteiger partial charge in [-0.3, -0.25) is 4.90 Å². The lowest BCUT2D eigenvalue weighted by Gasteiger charge is -2.29. The standard InChI is InChI=1S/C11H21NO6/c1-6-18-11(14)12(7-9(15-3)16-4)8(2)10(13)17-5/h8-9H,6-7H2,1-5H3. The largest absolute Gasteiger partial charge is 0.467 e. The van der Waals surface area contributed by atoms with Crippen LogP contribution >= 0.6 is 0 Å². The van der Waals surface area contributed by atoms with E-state index in [-0.39, 0.29) is 13.2 Å². The predicted molar refractivity (Wildman–Crippen MR) is 63.0 cm³/mol.